The average Bonchev–Trinajstić information content (AvgIpc) is 3.40. The number of hydrogen-bond acceptors (Lipinski definition) is 7. The monoisotopic (exact) mass is 617 g/mol. The number of hydrogen-bond donors (Lipinski definition) is 3. The number of fused-ring (bicyclic) bond motifs is 2. The quantitative estimate of drug-likeness (QED) is 0.430. The lowest BCUT2D eigenvalue weighted by molar-refractivity contribution is -0.141. The van der Waals surface area contributed by atoms with E-state index in [-0.39, 0.29) is 12.3 Å². The molecule has 4 rings (SSSR count). The van der Waals surface area contributed by atoms with Crippen LogP contribution in [-0.4, -0.2) is 73.9 Å². The second-order valence-electron chi connectivity index (χ2n) is 12.5. The summed E-state index contributed by atoms with van der Waals surface area (Å²) >= 11 is 0. The van der Waals surface area contributed by atoms with Crippen LogP contribution in [0.4, 0.5) is 10.5 Å². The fourth-order valence-corrected chi connectivity index (χ4v) is 6.55. The van der Waals surface area contributed by atoms with E-state index in [0.29, 0.717) is 44.3 Å². The summed E-state index contributed by atoms with van der Waals surface area (Å²) in [6, 6.07) is 6.60. The van der Waals surface area contributed by atoms with Crippen molar-refractivity contribution in [3.8, 4) is 0 Å². The van der Waals surface area contributed by atoms with Gasteiger partial charge in [-0.25, -0.2) is 9.52 Å². The van der Waals surface area contributed by atoms with Crippen LogP contribution in [0.1, 0.15) is 72.1 Å². The van der Waals surface area contributed by atoms with Gasteiger partial charge in [0.15, 0.2) is 0 Å². The van der Waals surface area contributed by atoms with Gasteiger partial charge in [0.1, 0.15) is 23.2 Å². The third-order valence-corrected chi connectivity index (χ3v) is 9.40. The van der Waals surface area contributed by atoms with Gasteiger partial charge in [0.05, 0.1) is 5.69 Å². The van der Waals surface area contributed by atoms with Gasteiger partial charge >= 0.3 is 16.3 Å². The van der Waals surface area contributed by atoms with Crippen LogP contribution in [0.2, 0.25) is 0 Å². The van der Waals surface area contributed by atoms with Crippen molar-refractivity contribution in [1.29, 1.82) is 0 Å². The number of alkyl carbamates (subject to hydrolysis) is 1. The number of para-hydroxylation sites is 1. The first kappa shape index (κ1) is 32.3. The number of amides is 4. The maximum atomic E-state index is 13.7. The van der Waals surface area contributed by atoms with E-state index >= 15 is 0 Å². The molecule has 4 atom stereocenters. The van der Waals surface area contributed by atoms with E-state index in [2.05, 4.69) is 15.4 Å². The number of benzene rings is 1. The molecule has 2 fully saturated rings. The highest BCUT2D eigenvalue weighted by Crippen LogP contribution is 2.45. The van der Waals surface area contributed by atoms with Crippen LogP contribution in [0.25, 0.3) is 0 Å². The van der Waals surface area contributed by atoms with E-state index in [0.717, 1.165) is 17.1 Å². The summed E-state index contributed by atoms with van der Waals surface area (Å²) in [5.41, 5.74) is -1.84. The number of carbonyl (C=O) groups is 4. The topological polar surface area (TPSA) is 154 Å². The lowest BCUT2D eigenvalue weighted by atomic mass is 10.0. The molecule has 1 saturated heterocycles. The standard InChI is InChI=1S/C30H43N5O7S/c1-29(2,3)42-28(39)31-23-17-12-7-5-6-9-14-21-20-30(21,32-25(36)24-18-13-19-35(24)26(23)37)27(38)33-43(40,41)34(4)22-15-10-8-11-16-22/h8-11,14-16,21,23-24H,5-7,12-13,17-20H2,1-4H3,(H,31,39)(H,32,36)(H,33,38)/t21-,23+,24+,30-/m1/s1. The number of nitrogens with zero attached hydrogens (tertiary/aromatic N) is 2. The Labute approximate surface area is 253 Å². The molecule has 1 saturated carbocycles. The Morgan fingerprint density at radius 2 is 1.79 bits per heavy atom. The minimum absolute atomic E-state index is 0.231. The highest BCUT2D eigenvalue weighted by molar-refractivity contribution is 7.91. The van der Waals surface area contributed by atoms with Crippen LogP contribution >= 0.6 is 0 Å². The lowest BCUT2D eigenvalue weighted by Gasteiger charge is -2.30. The van der Waals surface area contributed by atoms with Crippen LogP contribution < -0.4 is 19.7 Å². The van der Waals surface area contributed by atoms with Gasteiger partial charge in [-0.2, -0.15) is 8.42 Å². The largest absolute Gasteiger partial charge is 0.444 e. The minimum Gasteiger partial charge on any atom is -0.444 e. The number of carbonyl (C=O) groups excluding carboxylic acids is 4. The van der Waals surface area contributed by atoms with E-state index in [4.69, 9.17) is 4.74 Å². The van der Waals surface area contributed by atoms with Crippen molar-refractivity contribution in [3.63, 3.8) is 0 Å². The van der Waals surface area contributed by atoms with Crippen molar-refractivity contribution < 1.29 is 32.3 Å². The summed E-state index contributed by atoms with van der Waals surface area (Å²) in [6.07, 6.45) is 7.71. The molecule has 1 aliphatic carbocycles. The number of ether oxygens (including phenoxy) is 1. The fraction of sp³-hybridized carbons (Fsp3) is 0.600. The summed E-state index contributed by atoms with van der Waals surface area (Å²) in [5, 5.41) is 5.53. The molecule has 0 spiro atoms. The van der Waals surface area contributed by atoms with E-state index in [9.17, 15) is 27.6 Å². The van der Waals surface area contributed by atoms with Crippen LogP contribution in [0.3, 0.4) is 0 Å². The molecule has 3 aliphatic rings. The first-order valence-electron chi connectivity index (χ1n) is 14.9. The molecule has 2 aliphatic heterocycles. The number of anilines is 1. The molecule has 3 N–H and O–H groups in total. The van der Waals surface area contributed by atoms with Crippen molar-refractivity contribution >= 4 is 39.7 Å². The van der Waals surface area contributed by atoms with Crippen LogP contribution in [0, 0.1) is 5.92 Å². The molecule has 0 radical (unpaired) electrons. The third-order valence-electron chi connectivity index (χ3n) is 8.03. The molecular formula is C30H43N5O7S. The summed E-state index contributed by atoms with van der Waals surface area (Å²) in [6.45, 7) is 5.53. The molecule has 2 heterocycles. The van der Waals surface area contributed by atoms with Gasteiger partial charge in [0.2, 0.25) is 11.8 Å². The van der Waals surface area contributed by atoms with Crippen molar-refractivity contribution in [1.82, 2.24) is 20.3 Å². The Balaban J connectivity index is 1.55. The molecule has 12 nitrogen and oxygen atoms in total. The van der Waals surface area contributed by atoms with Crippen molar-refractivity contribution in [3.05, 3.63) is 42.5 Å². The van der Waals surface area contributed by atoms with Gasteiger partial charge in [-0.1, -0.05) is 43.2 Å². The highest BCUT2D eigenvalue weighted by Gasteiger charge is 2.61. The van der Waals surface area contributed by atoms with Crippen molar-refractivity contribution in [2.45, 2.75) is 95.4 Å². The van der Waals surface area contributed by atoms with Crippen LogP contribution in [-0.2, 0) is 29.3 Å². The van der Waals surface area contributed by atoms with Gasteiger partial charge in [-0.05, 0) is 71.4 Å². The van der Waals surface area contributed by atoms with Crippen LogP contribution in [0.5, 0.6) is 0 Å². The summed E-state index contributed by atoms with van der Waals surface area (Å²) in [7, 11) is -2.93. The Morgan fingerprint density at radius 1 is 1.07 bits per heavy atom. The number of nitrogens with one attached hydrogen (secondary N) is 3. The molecule has 43 heavy (non-hydrogen) atoms. The third kappa shape index (κ3) is 7.87. The van der Waals surface area contributed by atoms with Crippen LogP contribution in [0.15, 0.2) is 42.5 Å². The Kier molecular flexibility index (Phi) is 9.73. The molecule has 13 heteroatoms. The molecule has 0 unspecified atom stereocenters. The number of rotatable bonds is 5. The van der Waals surface area contributed by atoms with Crippen molar-refractivity contribution in [2.24, 2.45) is 5.92 Å². The smallest absolute Gasteiger partial charge is 0.408 e. The van der Waals surface area contributed by atoms with Gasteiger partial charge in [-0.3, -0.25) is 18.7 Å². The molecule has 236 valence electrons. The predicted octanol–water partition coefficient (Wildman–Crippen LogP) is 2.76. The Bertz CT molecular complexity index is 1340. The average molecular weight is 618 g/mol. The zero-order valence-electron chi connectivity index (χ0n) is 25.3. The number of allylic oxidation sites excluding steroid dienone is 1. The SMILES string of the molecule is CN(c1ccccc1)S(=O)(=O)NC(=O)[C@@]12C[C@H]1C=CCCCCC[C@H](NC(=O)OC(C)(C)C)C(=O)N1CCC[C@H]1C(=O)N2. The van der Waals surface area contributed by atoms with E-state index in [1.807, 2.05) is 12.2 Å². The Morgan fingerprint density at radius 3 is 2.49 bits per heavy atom. The summed E-state index contributed by atoms with van der Waals surface area (Å²) < 4.78 is 34.8. The molecule has 0 bridgehead atoms. The maximum absolute atomic E-state index is 13.7. The van der Waals surface area contributed by atoms with Gasteiger partial charge in [-0.15, -0.1) is 0 Å². The molecule has 1 aromatic carbocycles. The molecule has 4 amide bonds. The van der Waals surface area contributed by atoms with E-state index in [1.165, 1.54) is 11.9 Å². The normalized spacial score (nSPS) is 26.6. The molecule has 1 aromatic rings. The Hall–Kier alpha value is -3.61. The molecule has 0 aromatic heterocycles. The molecular weight excluding hydrogens is 574 g/mol. The van der Waals surface area contributed by atoms with Crippen molar-refractivity contribution in [2.75, 3.05) is 17.9 Å². The lowest BCUT2D eigenvalue weighted by Crippen LogP contribution is -2.59. The van der Waals surface area contributed by atoms with Gasteiger partial charge in [0.25, 0.3) is 5.91 Å². The van der Waals surface area contributed by atoms with Gasteiger partial charge in [0, 0.05) is 19.5 Å². The minimum atomic E-state index is -4.27. The first-order valence-corrected chi connectivity index (χ1v) is 16.3. The maximum Gasteiger partial charge on any atom is 0.408 e. The predicted molar refractivity (Wildman–Crippen MR) is 161 cm³/mol. The fourth-order valence-electron chi connectivity index (χ4n) is 5.60. The zero-order chi connectivity index (χ0) is 31.4. The zero-order valence-corrected chi connectivity index (χ0v) is 26.1. The van der Waals surface area contributed by atoms with Gasteiger partial charge < -0.3 is 20.3 Å². The first-order chi connectivity index (χ1) is 20.2. The summed E-state index contributed by atoms with van der Waals surface area (Å²) in [5.74, 6) is -2.14. The highest BCUT2D eigenvalue weighted by atomic mass is 32.2. The second-order valence-corrected chi connectivity index (χ2v) is 14.2. The second kappa shape index (κ2) is 12.9. The van der Waals surface area contributed by atoms with E-state index < -0.39 is 57.3 Å². The van der Waals surface area contributed by atoms with E-state index in [1.54, 1.807) is 51.1 Å². The summed E-state index contributed by atoms with van der Waals surface area (Å²) in [4.78, 5) is 55.0.